The number of hydrogen-bond acceptors (Lipinski definition) is 10. The molecular formula is C29H37N9O. The lowest BCUT2D eigenvalue weighted by Crippen LogP contribution is -2.54. The molecule has 204 valence electrons. The van der Waals surface area contributed by atoms with E-state index in [0.717, 1.165) is 100 Å². The van der Waals surface area contributed by atoms with Gasteiger partial charge < -0.3 is 24.3 Å². The van der Waals surface area contributed by atoms with Crippen LogP contribution in [0.5, 0.6) is 0 Å². The zero-order valence-corrected chi connectivity index (χ0v) is 22.9. The van der Waals surface area contributed by atoms with E-state index in [4.69, 9.17) is 9.72 Å². The zero-order chi connectivity index (χ0) is 26.8. The number of ether oxygens (including phenoxy) is 1. The molecule has 3 fully saturated rings. The van der Waals surface area contributed by atoms with Gasteiger partial charge in [0.15, 0.2) is 0 Å². The van der Waals surface area contributed by atoms with E-state index in [-0.39, 0.29) is 12.2 Å². The molecule has 0 amide bonds. The van der Waals surface area contributed by atoms with Gasteiger partial charge in [-0.2, -0.15) is 10.2 Å². The summed E-state index contributed by atoms with van der Waals surface area (Å²) < 4.78 is 6.41. The molecule has 0 N–H and O–H groups in total. The second-order valence-electron chi connectivity index (χ2n) is 10.9. The first kappa shape index (κ1) is 25.7. The van der Waals surface area contributed by atoms with Crippen LogP contribution < -0.4 is 14.7 Å². The maximum atomic E-state index is 9.53. The maximum absolute atomic E-state index is 9.53. The predicted molar refractivity (Wildman–Crippen MR) is 153 cm³/mol. The number of piperazine rings is 2. The van der Waals surface area contributed by atoms with E-state index in [2.05, 4.69) is 66.6 Å². The quantitative estimate of drug-likeness (QED) is 0.491. The van der Waals surface area contributed by atoms with Crippen LogP contribution in [-0.4, -0.2) is 116 Å². The molecule has 0 saturated carbocycles. The van der Waals surface area contributed by atoms with Crippen LogP contribution in [0.2, 0.25) is 0 Å². The Labute approximate surface area is 230 Å². The van der Waals surface area contributed by atoms with Gasteiger partial charge in [-0.15, -0.1) is 0 Å². The van der Waals surface area contributed by atoms with Crippen molar-refractivity contribution in [2.45, 2.75) is 19.1 Å². The van der Waals surface area contributed by atoms with Gasteiger partial charge in [-0.25, -0.2) is 4.98 Å². The fourth-order valence-electron chi connectivity index (χ4n) is 5.99. The number of rotatable bonds is 5. The number of fused-ring (bicyclic) bond motifs is 1. The van der Waals surface area contributed by atoms with E-state index in [9.17, 15) is 5.26 Å². The molecule has 5 heterocycles. The Kier molecular flexibility index (Phi) is 7.46. The van der Waals surface area contributed by atoms with Crippen molar-refractivity contribution < 1.29 is 4.74 Å². The summed E-state index contributed by atoms with van der Waals surface area (Å²) in [5.74, 6) is 1.87. The summed E-state index contributed by atoms with van der Waals surface area (Å²) >= 11 is 0. The van der Waals surface area contributed by atoms with E-state index >= 15 is 0 Å². The molecule has 3 aliphatic rings. The predicted octanol–water partition coefficient (Wildman–Crippen LogP) is 2.06. The monoisotopic (exact) mass is 527 g/mol. The first-order valence-corrected chi connectivity index (χ1v) is 14.0. The van der Waals surface area contributed by atoms with E-state index in [1.54, 1.807) is 6.20 Å². The van der Waals surface area contributed by atoms with Gasteiger partial charge >= 0.3 is 0 Å². The normalized spacial score (nSPS) is 23.3. The van der Waals surface area contributed by atoms with Gasteiger partial charge in [0.1, 0.15) is 11.9 Å². The smallest absolute Gasteiger partial charge is 0.227 e. The Morgan fingerprint density at radius 1 is 0.897 bits per heavy atom. The van der Waals surface area contributed by atoms with Gasteiger partial charge in [-0.3, -0.25) is 9.88 Å². The van der Waals surface area contributed by atoms with Gasteiger partial charge in [0, 0.05) is 95.5 Å². The Balaban J connectivity index is 1.08. The third-order valence-electron chi connectivity index (χ3n) is 8.11. The van der Waals surface area contributed by atoms with Crippen LogP contribution in [0, 0.1) is 11.3 Å². The van der Waals surface area contributed by atoms with Crippen LogP contribution >= 0.6 is 0 Å². The van der Waals surface area contributed by atoms with Crippen molar-refractivity contribution >= 4 is 28.4 Å². The van der Waals surface area contributed by atoms with E-state index in [1.807, 2.05) is 24.4 Å². The lowest BCUT2D eigenvalue weighted by molar-refractivity contribution is -0.0327. The molecule has 2 aromatic heterocycles. The largest absolute Gasteiger partial charge is 0.370 e. The average molecular weight is 528 g/mol. The summed E-state index contributed by atoms with van der Waals surface area (Å²) in [6, 6.07) is 12.3. The molecule has 10 heteroatoms. The molecule has 0 spiro atoms. The van der Waals surface area contributed by atoms with Crippen molar-refractivity contribution in [3.63, 3.8) is 0 Å². The number of anilines is 3. The second-order valence-corrected chi connectivity index (χ2v) is 10.9. The van der Waals surface area contributed by atoms with Crippen molar-refractivity contribution in [1.29, 1.82) is 5.26 Å². The first-order valence-electron chi connectivity index (χ1n) is 14.0. The number of hydrogen-bond donors (Lipinski definition) is 0. The van der Waals surface area contributed by atoms with Crippen molar-refractivity contribution in [3.05, 3.63) is 48.3 Å². The minimum atomic E-state index is 0.116. The summed E-state index contributed by atoms with van der Waals surface area (Å²) in [5.41, 5.74) is 2.51. The highest BCUT2D eigenvalue weighted by Gasteiger charge is 2.30. The molecule has 0 unspecified atom stereocenters. The molecule has 1 aromatic carbocycles. The molecule has 2 atom stereocenters. The van der Waals surface area contributed by atoms with Crippen LogP contribution in [0.25, 0.3) is 10.9 Å². The summed E-state index contributed by atoms with van der Waals surface area (Å²) in [7, 11) is 2.16. The van der Waals surface area contributed by atoms with Crippen molar-refractivity contribution in [1.82, 2.24) is 24.8 Å². The minimum absolute atomic E-state index is 0.116. The van der Waals surface area contributed by atoms with E-state index in [0.29, 0.717) is 5.56 Å². The molecule has 3 aromatic rings. The Hall–Kier alpha value is -3.52. The topological polar surface area (TPSA) is 87.9 Å². The Morgan fingerprint density at radius 3 is 2.49 bits per heavy atom. The molecule has 0 bridgehead atoms. The summed E-state index contributed by atoms with van der Waals surface area (Å²) in [6.45, 7) is 12.6. The molecule has 3 saturated heterocycles. The molecule has 0 radical (unpaired) electrons. The summed E-state index contributed by atoms with van der Waals surface area (Å²) in [4.78, 5) is 25.9. The molecule has 3 aliphatic heterocycles. The van der Waals surface area contributed by atoms with Crippen LogP contribution in [0.15, 0.2) is 42.7 Å². The SMILES string of the molecule is C[C@@H]1CN(c2ccc(C#N)c3ncccc23)C[C@H](CN2CCN(c3ccnc(N4CCN(C)CC4)n3)CC2)O1. The van der Waals surface area contributed by atoms with Gasteiger partial charge in [0.2, 0.25) is 5.95 Å². The fourth-order valence-corrected chi connectivity index (χ4v) is 5.99. The maximum Gasteiger partial charge on any atom is 0.227 e. The van der Waals surface area contributed by atoms with Crippen molar-refractivity contribution in [2.24, 2.45) is 0 Å². The molecular weight excluding hydrogens is 490 g/mol. The lowest BCUT2D eigenvalue weighted by Gasteiger charge is -2.42. The minimum Gasteiger partial charge on any atom is -0.370 e. The number of nitriles is 1. The third kappa shape index (κ3) is 5.62. The summed E-state index contributed by atoms with van der Waals surface area (Å²) in [5, 5.41) is 10.6. The van der Waals surface area contributed by atoms with Crippen LogP contribution in [0.1, 0.15) is 12.5 Å². The molecule has 6 rings (SSSR count). The molecule has 10 nitrogen and oxygen atoms in total. The third-order valence-corrected chi connectivity index (χ3v) is 8.11. The second kappa shape index (κ2) is 11.3. The standard InChI is InChI=1S/C29H37N9O/c1-22-19-38(26-6-5-23(18-30)28-25(26)4-3-8-31-28)21-24(39-22)20-35-12-16-36(17-13-35)27-7-9-32-29(33-27)37-14-10-34(2)11-15-37/h3-9,22,24H,10-17,19-21H2,1-2H3/t22-,24+/m1/s1. The molecule has 39 heavy (non-hydrogen) atoms. The Morgan fingerprint density at radius 2 is 1.69 bits per heavy atom. The number of pyridine rings is 1. The van der Waals surface area contributed by atoms with Crippen LogP contribution in [0.3, 0.4) is 0 Å². The van der Waals surface area contributed by atoms with Gasteiger partial charge in [0.05, 0.1) is 23.3 Å². The molecule has 0 aliphatic carbocycles. The zero-order valence-electron chi connectivity index (χ0n) is 22.9. The number of aromatic nitrogens is 3. The number of nitrogens with zero attached hydrogens (tertiary/aromatic N) is 9. The fraction of sp³-hybridized carbons (Fsp3) is 0.517. The highest BCUT2D eigenvalue weighted by molar-refractivity contribution is 5.95. The van der Waals surface area contributed by atoms with Crippen LogP contribution in [-0.2, 0) is 4.74 Å². The summed E-state index contributed by atoms with van der Waals surface area (Å²) in [6.07, 6.45) is 3.90. The van der Waals surface area contributed by atoms with Gasteiger partial charge in [0.25, 0.3) is 0 Å². The Bertz CT molecular complexity index is 1330. The van der Waals surface area contributed by atoms with Crippen molar-refractivity contribution in [2.75, 3.05) is 93.7 Å². The van der Waals surface area contributed by atoms with Gasteiger partial charge in [-0.1, -0.05) is 0 Å². The van der Waals surface area contributed by atoms with Gasteiger partial charge in [-0.05, 0) is 44.3 Å². The van der Waals surface area contributed by atoms with E-state index in [1.165, 1.54) is 0 Å². The van der Waals surface area contributed by atoms with Crippen LogP contribution in [0.4, 0.5) is 17.5 Å². The highest BCUT2D eigenvalue weighted by Crippen LogP contribution is 2.30. The first-order chi connectivity index (χ1) is 19.1. The van der Waals surface area contributed by atoms with E-state index < -0.39 is 0 Å². The average Bonchev–Trinajstić information content (AvgIpc) is 2.97. The number of morpholine rings is 1. The number of likely N-dealkylation sites (N-methyl/N-ethyl adjacent to an activating group) is 1. The number of benzene rings is 1. The lowest BCUT2D eigenvalue weighted by atomic mass is 10.1. The van der Waals surface area contributed by atoms with Crippen molar-refractivity contribution in [3.8, 4) is 6.07 Å². The highest BCUT2D eigenvalue weighted by atomic mass is 16.5.